The van der Waals surface area contributed by atoms with E-state index >= 15 is 0 Å². The van der Waals surface area contributed by atoms with Gasteiger partial charge >= 0.3 is 0 Å². The van der Waals surface area contributed by atoms with Gasteiger partial charge in [0.2, 0.25) is 5.91 Å². The lowest BCUT2D eigenvalue weighted by Crippen LogP contribution is -2.43. The Morgan fingerprint density at radius 1 is 0.839 bits per heavy atom. The fraction of sp³-hybridized carbons (Fsp3) is 0.692. The standard InChI is InChI=1S/C26H37N3O2/c30-25(20-7-2-1-3-8-20)28-16-12-21-17-22(10-11-23(21)18-28)26(31)29-15-6-9-24(29)19-27-13-4-5-14-27/h10-11,17,20,24H,1-9,12-16,18-19H2/t24-/m0/s1. The van der Waals surface area contributed by atoms with Crippen molar-refractivity contribution in [3.8, 4) is 0 Å². The van der Waals surface area contributed by atoms with Crippen LogP contribution in [0.4, 0.5) is 0 Å². The Balaban J connectivity index is 1.24. The van der Waals surface area contributed by atoms with Gasteiger partial charge in [-0.15, -0.1) is 0 Å². The van der Waals surface area contributed by atoms with Crippen LogP contribution in [0, 0.1) is 5.92 Å². The third kappa shape index (κ3) is 4.52. The van der Waals surface area contributed by atoms with E-state index in [1.165, 1.54) is 56.3 Å². The van der Waals surface area contributed by atoms with Gasteiger partial charge in [0.25, 0.3) is 5.91 Å². The molecule has 5 nitrogen and oxygen atoms in total. The molecule has 0 unspecified atom stereocenters. The predicted molar refractivity (Wildman–Crippen MR) is 122 cm³/mol. The van der Waals surface area contributed by atoms with Gasteiger partial charge in [0.1, 0.15) is 0 Å². The van der Waals surface area contributed by atoms with Crippen LogP contribution in [0.15, 0.2) is 18.2 Å². The van der Waals surface area contributed by atoms with E-state index in [2.05, 4.69) is 26.8 Å². The smallest absolute Gasteiger partial charge is 0.254 e. The van der Waals surface area contributed by atoms with Crippen molar-refractivity contribution in [2.45, 2.75) is 76.8 Å². The maximum atomic E-state index is 13.3. The van der Waals surface area contributed by atoms with Crippen molar-refractivity contribution in [1.29, 1.82) is 0 Å². The second-order valence-electron chi connectivity index (χ2n) is 10.1. The lowest BCUT2D eigenvalue weighted by molar-refractivity contribution is -0.137. The molecular weight excluding hydrogens is 386 g/mol. The van der Waals surface area contributed by atoms with Crippen molar-refractivity contribution in [1.82, 2.24) is 14.7 Å². The summed E-state index contributed by atoms with van der Waals surface area (Å²) in [4.78, 5) is 33.0. The molecule has 3 heterocycles. The van der Waals surface area contributed by atoms with Crippen molar-refractivity contribution >= 4 is 11.8 Å². The van der Waals surface area contributed by atoms with E-state index in [9.17, 15) is 9.59 Å². The second-order valence-corrected chi connectivity index (χ2v) is 10.1. The molecule has 31 heavy (non-hydrogen) atoms. The normalized spacial score (nSPS) is 25.1. The second kappa shape index (κ2) is 9.32. The first-order chi connectivity index (χ1) is 15.2. The molecule has 168 valence electrons. The third-order valence-corrected chi connectivity index (χ3v) is 8.04. The molecule has 3 aliphatic heterocycles. The molecule has 0 spiro atoms. The Morgan fingerprint density at radius 2 is 1.65 bits per heavy atom. The molecule has 1 atom stereocenters. The Bertz CT molecular complexity index is 811. The van der Waals surface area contributed by atoms with E-state index in [0.717, 1.165) is 57.3 Å². The zero-order valence-corrected chi connectivity index (χ0v) is 18.9. The van der Waals surface area contributed by atoms with E-state index in [4.69, 9.17) is 0 Å². The summed E-state index contributed by atoms with van der Waals surface area (Å²) >= 11 is 0. The molecule has 5 rings (SSSR count). The molecule has 4 aliphatic rings. The molecule has 2 amide bonds. The maximum Gasteiger partial charge on any atom is 0.254 e. The average Bonchev–Trinajstić information content (AvgIpc) is 3.50. The van der Waals surface area contributed by atoms with Crippen molar-refractivity contribution in [3.63, 3.8) is 0 Å². The quantitative estimate of drug-likeness (QED) is 0.739. The van der Waals surface area contributed by atoms with Crippen LogP contribution in [-0.4, -0.2) is 65.3 Å². The van der Waals surface area contributed by atoms with Crippen molar-refractivity contribution in [2.24, 2.45) is 5.92 Å². The molecule has 5 heteroatoms. The fourth-order valence-electron chi connectivity index (χ4n) is 6.20. The highest BCUT2D eigenvalue weighted by Crippen LogP contribution is 2.29. The number of hydrogen-bond acceptors (Lipinski definition) is 3. The van der Waals surface area contributed by atoms with Crippen molar-refractivity contribution < 1.29 is 9.59 Å². The van der Waals surface area contributed by atoms with E-state index in [0.29, 0.717) is 18.5 Å². The topological polar surface area (TPSA) is 43.9 Å². The predicted octanol–water partition coefficient (Wildman–Crippen LogP) is 3.85. The molecule has 1 aliphatic carbocycles. The van der Waals surface area contributed by atoms with Crippen molar-refractivity contribution in [2.75, 3.05) is 32.7 Å². The van der Waals surface area contributed by atoms with Gasteiger partial charge < -0.3 is 14.7 Å². The number of hydrogen-bond donors (Lipinski definition) is 0. The molecular formula is C26H37N3O2. The van der Waals surface area contributed by atoms with Crippen molar-refractivity contribution in [3.05, 3.63) is 34.9 Å². The maximum absolute atomic E-state index is 13.3. The Morgan fingerprint density at radius 3 is 2.45 bits per heavy atom. The largest absolute Gasteiger partial charge is 0.338 e. The minimum atomic E-state index is 0.199. The number of rotatable bonds is 4. The van der Waals surface area contributed by atoms with Crippen LogP contribution in [0.2, 0.25) is 0 Å². The van der Waals surface area contributed by atoms with Gasteiger partial charge in [0, 0.05) is 43.7 Å². The highest BCUT2D eigenvalue weighted by molar-refractivity contribution is 5.95. The third-order valence-electron chi connectivity index (χ3n) is 8.04. The summed E-state index contributed by atoms with van der Waals surface area (Å²) in [5.74, 6) is 0.788. The van der Waals surface area contributed by atoms with Crippen LogP contribution in [-0.2, 0) is 17.8 Å². The molecule has 0 bridgehead atoms. The van der Waals surface area contributed by atoms with Crippen LogP contribution in [0.1, 0.15) is 79.3 Å². The van der Waals surface area contributed by atoms with E-state index < -0.39 is 0 Å². The molecule has 1 saturated carbocycles. The highest BCUT2D eigenvalue weighted by Gasteiger charge is 2.32. The number of carbonyl (C=O) groups excluding carboxylic acids is 2. The molecule has 0 aromatic heterocycles. The fourth-order valence-corrected chi connectivity index (χ4v) is 6.20. The van der Waals surface area contributed by atoms with Crippen LogP contribution in [0.5, 0.6) is 0 Å². The summed E-state index contributed by atoms with van der Waals surface area (Å²) in [6.07, 6.45) is 11.5. The van der Waals surface area contributed by atoms with Gasteiger partial charge in [-0.2, -0.15) is 0 Å². The first-order valence-electron chi connectivity index (χ1n) is 12.6. The first-order valence-corrected chi connectivity index (χ1v) is 12.6. The van der Waals surface area contributed by atoms with Gasteiger partial charge in [-0.25, -0.2) is 0 Å². The van der Waals surface area contributed by atoms with Crippen LogP contribution >= 0.6 is 0 Å². The van der Waals surface area contributed by atoms with Gasteiger partial charge in [-0.1, -0.05) is 25.3 Å². The van der Waals surface area contributed by atoms with E-state index in [-0.39, 0.29) is 11.8 Å². The molecule has 1 aromatic rings. The average molecular weight is 424 g/mol. The number of likely N-dealkylation sites (tertiary alicyclic amines) is 2. The zero-order valence-electron chi connectivity index (χ0n) is 18.9. The Kier molecular flexibility index (Phi) is 6.31. The number of fused-ring (bicyclic) bond motifs is 1. The summed E-state index contributed by atoms with van der Waals surface area (Å²) in [6.45, 7) is 5.80. The minimum Gasteiger partial charge on any atom is -0.338 e. The zero-order chi connectivity index (χ0) is 21.2. The highest BCUT2D eigenvalue weighted by atomic mass is 16.2. The van der Waals surface area contributed by atoms with Crippen LogP contribution in [0.3, 0.4) is 0 Å². The summed E-state index contributed by atoms with van der Waals surface area (Å²) in [5.41, 5.74) is 3.31. The summed E-state index contributed by atoms with van der Waals surface area (Å²) < 4.78 is 0. The number of nitrogens with zero attached hydrogens (tertiary/aromatic N) is 3. The SMILES string of the molecule is O=C(C1CCCCC1)N1CCc2cc(C(=O)N3CCC[C@H]3CN3CCCC3)ccc2C1. The summed E-state index contributed by atoms with van der Waals surface area (Å²) in [5, 5.41) is 0. The molecule has 2 saturated heterocycles. The summed E-state index contributed by atoms with van der Waals surface area (Å²) in [7, 11) is 0. The van der Waals surface area contributed by atoms with Gasteiger partial charge in [-0.05, 0) is 81.3 Å². The lowest BCUT2D eigenvalue weighted by atomic mass is 9.87. The first kappa shape index (κ1) is 21.0. The Hall–Kier alpha value is -1.88. The summed E-state index contributed by atoms with van der Waals surface area (Å²) in [6, 6.07) is 6.59. The van der Waals surface area contributed by atoms with Gasteiger partial charge in [0.05, 0.1) is 0 Å². The van der Waals surface area contributed by atoms with Gasteiger partial charge in [-0.3, -0.25) is 9.59 Å². The minimum absolute atomic E-state index is 0.199. The number of benzene rings is 1. The lowest BCUT2D eigenvalue weighted by Gasteiger charge is -2.33. The number of carbonyl (C=O) groups is 2. The molecule has 0 N–H and O–H groups in total. The molecule has 0 radical (unpaired) electrons. The molecule has 1 aromatic carbocycles. The monoisotopic (exact) mass is 423 g/mol. The number of amides is 2. The van der Waals surface area contributed by atoms with Crippen LogP contribution < -0.4 is 0 Å². The van der Waals surface area contributed by atoms with E-state index in [1.54, 1.807) is 0 Å². The molecule has 3 fully saturated rings. The van der Waals surface area contributed by atoms with Gasteiger partial charge in [0.15, 0.2) is 0 Å². The Labute approximate surface area is 186 Å². The van der Waals surface area contributed by atoms with Crippen LogP contribution in [0.25, 0.3) is 0 Å². The van der Waals surface area contributed by atoms with E-state index in [1.807, 2.05) is 6.07 Å².